The summed E-state index contributed by atoms with van der Waals surface area (Å²) in [5.41, 5.74) is 0. The molecule has 6 nitrogen and oxygen atoms in total. The Hall–Kier alpha value is -3.93. The SMILES string of the molecule is CC\C=C/C=C\C=C/CCCCCCCCCC(=O)OCC(COC(=O)C/C=C\C/C=C\C/C=C\CC)OC(=O)CCCC/C=C\C/C=C\C/C=C\CC. The van der Waals surface area contributed by atoms with Crippen LogP contribution in [-0.2, 0) is 28.6 Å². The molecule has 0 aliphatic rings. The fourth-order valence-electron chi connectivity index (χ4n) is 5.04. The van der Waals surface area contributed by atoms with Crippen molar-refractivity contribution in [1.29, 1.82) is 0 Å². The Morgan fingerprint density at radius 1 is 0.407 bits per heavy atom. The minimum atomic E-state index is -0.837. The van der Waals surface area contributed by atoms with E-state index in [-0.39, 0.29) is 38.0 Å². The third-order valence-electron chi connectivity index (χ3n) is 8.10. The molecule has 0 N–H and O–H groups in total. The molecule has 0 amide bonds. The van der Waals surface area contributed by atoms with Crippen LogP contribution < -0.4 is 0 Å². The molecule has 0 saturated carbocycles. The molecule has 0 aliphatic carbocycles. The highest BCUT2D eigenvalue weighted by Gasteiger charge is 2.19. The maximum atomic E-state index is 12.6. The molecule has 6 heteroatoms. The topological polar surface area (TPSA) is 78.9 Å². The number of rotatable bonds is 35. The largest absolute Gasteiger partial charge is 0.462 e. The van der Waals surface area contributed by atoms with Crippen molar-refractivity contribution in [2.24, 2.45) is 0 Å². The second kappa shape index (κ2) is 41.8. The number of carbonyl (C=O) groups is 3. The summed E-state index contributed by atoms with van der Waals surface area (Å²) in [6.45, 7) is 6.08. The summed E-state index contributed by atoms with van der Waals surface area (Å²) < 4.78 is 16.5. The summed E-state index contributed by atoms with van der Waals surface area (Å²) in [7, 11) is 0. The van der Waals surface area contributed by atoms with Crippen molar-refractivity contribution in [3.63, 3.8) is 0 Å². The molecular formula is C48H74O6. The van der Waals surface area contributed by atoms with E-state index in [0.717, 1.165) is 89.9 Å². The fraction of sp³-hybridized carbons (Fsp3) is 0.562. The van der Waals surface area contributed by atoms with E-state index in [4.69, 9.17) is 14.2 Å². The van der Waals surface area contributed by atoms with Crippen LogP contribution >= 0.6 is 0 Å². The van der Waals surface area contributed by atoms with E-state index in [0.29, 0.717) is 12.8 Å². The van der Waals surface area contributed by atoms with Gasteiger partial charge in [-0.1, -0.05) is 162 Å². The Morgan fingerprint density at radius 3 is 1.44 bits per heavy atom. The number of ether oxygens (including phenoxy) is 3. The van der Waals surface area contributed by atoms with Crippen LogP contribution in [0.25, 0.3) is 0 Å². The molecule has 0 aromatic carbocycles. The predicted octanol–water partition coefficient (Wildman–Crippen LogP) is 13.2. The number of hydrogen-bond donors (Lipinski definition) is 0. The van der Waals surface area contributed by atoms with Crippen LogP contribution in [0.1, 0.15) is 156 Å². The molecule has 0 saturated heterocycles. The second-order valence-electron chi connectivity index (χ2n) is 13.2. The van der Waals surface area contributed by atoms with Crippen LogP contribution in [0.15, 0.2) is 109 Å². The van der Waals surface area contributed by atoms with Crippen molar-refractivity contribution in [2.45, 2.75) is 162 Å². The molecule has 1 atom stereocenters. The minimum absolute atomic E-state index is 0.120. The Kier molecular flexibility index (Phi) is 38.8. The van der Waals surface area contributed by atoms with Crippen LogP contribution in [0.5, 0.6) is 0 Å². The first-order chi connectivity index (χ1) is 26.5. The van der Waals surface area contributed by atoms with Gasteiger partial charge in [0.1, 0.15) is 13.2 Å². The van der Waals surface area contributed by atoms with Crippen molar-refractivity contribution >= 4 is 17.9 Å². The van der Waals surface area contributed by atoms with E-state index in [9.17, 15) is 14.4 Å². The van der Waals surface area contributed by atoms with Gasteiger partial charge in [-0.05, 0) is 83.5 Å². The van der Waals surface area contributed by atoms with Gasteiger partial charge in [-0.15, -0.1) is 0 Å². The van der Waals surface area contributed by atoms with Gasteiger partial charge in [-0.3, -0.25) is 14.4 Å². The quantitative estimate of drug-likeness (QED) is 0.0211. The van der Waals surface area contributed by atoms with Gasteiger partial charge in [0.05, 0.1) is 6.42 Å². The van der Waals surface area contributed by atoms with E-state index in [1.165, 1.54) is 19.3 Å². The Morgan fingerprint density at radius 2 is 0.833 bits per heavy atom. The minimum Gasteiger partial charge on any atom is -0.462 e. The Labute approximate surface area is 330 Å². The lowest BCUT2D eigenvalue weighted by Crippen LogP contribution is -2.30. The average molecular weight is 747 g/mol. The number of carbonyl (C=O) groups excluding carboxylic acids is 3. The molecule has 0 heterocycles. The Balaban J connectivity index is 4.53. The highest BCUT2D eigenvalue weighted by atomic mass is 16.6. The smallest absolute Gasteiger partial charge is 0.309 e. The lowest BCUT2D eigenvalue weighted by molar-refractivity contribution is -0.166. The molecule has 0 aromatic rings. The lowest BCUT2D eigenvalue weighted by Gasteiger charge is -2.18. The van der Waals surface area contributed by atoms with E-state index >= 15 is 0 Å². The fourth-order valence-corrected chi connectivity index (χ4v) is 5.04. The lowest BCUT2D eigenvalue weighted by atomic mass is 10.1. The molecule has 0 rings (SSSR count). The van der Waals surface area contributed by atoms with Crippen molar-refractivity contribution in [3.8, 4) is 0 Å². The molecule has 302 valence electrons. The number of hydrogen-bond acceptors (Lipinski definition) is 6. The third-order valence-corrected chi connectivity index (χ3v) is 8.10. The molecule has 0 fully saturated rings. The second-order valence-corrected chi connectivity index (χ2v) is 13.2. The molecule has 0 spiro atoms. The summed E-state index contributed by atoms with van der Waals surface area (Å²) >= 11 is 0. The number of unbranched alkanes of at least 4 members (excludes halogenated alkanes) is 9. The molecule has 0 aliphatic heterocycles. The van der Waals surface area contributed by atoms with Crippen LogP contribution in [0, 0.1) is 0 Å². The maximum absolute atomic E-state index is 12.6. The molecule has 0 radical (unpaired) electrons. The number of allylic oxidation sites excluding steroid dienone is 17. The van der Waals surface area contributed by atoms with Gasteiger partial charge in [-0.2, -0.15) is 0 Å². The first-order valence-corrected chi connectivity index (χ1v) is 20.9. The third kappa shape index (κ3) is 39.3. The van der Waals surface area contributed by atoms with E-state index < -0.39 is 12.1 Å². The van der Waals surface area contributed by atoms with Crippen molar-refractivity contribution < 1.29 is 28.6 Å². The first kappa shape index (κ1) is 50.1. The average Bonchev–Trinajstić information content (AvgIpc) is 3.17. The van der Waals surface area contributed by atoms with Gasteiger partial charge in [0.25, 0.3) is 0 Å². The number of esters is 3. The maximum Gasteiger partial charge on any atom is 0.309 e. The van der Waals surface area contributed by atoms with Gasteiger partial charge >= 0.3 is 17.9 Å². The van der Waals surface area contributed by atoms with Crippen molar-refractivity contribution in [1.82, 2.24) is 0 Å². The van der Waals surface area contributed by atoms with E-state index in [1.807, 2.05) is 6.08 Å². The normalized spacial score (nSPS) is 13.2. The zero-order chi connectivity index (χ0) is 39.4. The zero-order valence-corrected chi connectivity index (χ0v) is 34.2. The first-order valence-electron chi connectivity index (χ1n) is 20.9. The van der Waals surface area contributed by atoms with Gasteiger partial charge in [-0.25, -0.2) is 0 Å². The summed E-state index contributed by atoms with van der Waals surface area (Å²) in [6, 6.07) is 0. The highest BCUT2D eigenvalue weighted by molar-refractivity contribution is 5.72. The molecule has 54 heavy (non-hydrogen) atoms. The summed E-state index contributed by atoms with van der Waals surface area (Å²) in [5.74, 6) is -1.13. The van der Waals surface area contributed by atoms with Crippen LogP contribution in [0.3, 0.4) is 0 Å². The summed E-state index contributed by atoms with van der Waals surface area (Å²) in [5, 5.41) is 0. The predicted molar refractivity (Wildman–Crippen MR) is 228 cm³/mol. The van der Waals surface area contributed by atoms with Gasteiger partial charge in [0.15, 0.2) is 6.10 Å². The molecule has 0 aromatic heterocycles. The van der Waals surface area contributed by atoms with Crippen LogP contribution in [0.4, 0.5) is 0 Å². The summed E-state index contributed by atoms with van der Waals surface area (Å²) in [6.07, 6.45) is 55.4. The standard InChI is InChI=1S/C48H74O6/c1-4-7-10-13-16-19-21-23-24-25-27-29-32-35-38-41-47(50)53-44-45(43-52-46(49)40-37-34-31-28-18-15-12-9-6-3)54-48(51)42-39-36-33-30-26-22-20-17-14-11-8-5-2/h7-13,16-21,26,28,30,34,37,45H,4-6,14-15,22-25,27,29,31-33,35-36,38-44H2,1-3H3/b10-7-,11-8-,12-9-,16-13-,20-17-,21-19-,28-18-,30-26-,37-34-. The van der Waals surface area contributed by atoms with Crippen molar-refractivity contribution in [2.75, 3.05) is 13.2 Å². The molecule has 0 bridgehead atoms. The van der Waals surface area contributed by atoms with Crippen LogP contribution in [0.2, 0.25) is 0 Å². The zero-order valence-electron chi connectivity index (χ0n) is 34.2. The Bertz CT molecular complexity index is 1180. The van der Waals surface area contributed by atoms with Gasteiger partial charge in [0, 0.05) is 12.8 Å². The van der Waals surface area contributed by atoms with E-state index in [2.05, 4.69) is 118 Å². The highest BCUT2D eigenvalue weighted by Crippen LogP contribution is 2.12. The van der Waals surface area contributed by atoms with E-state index in [1.54, 1.807) is 6.08 Å². The molecular weight excluding hydrogens is 673 g/mol. The summed E-state index contributed by atoms with van der Waals surface area (Å²) in [4.78, 5) is 37.5. The van der Waals surface area contributed by atoms with Crippen LogP contribution in [-0.4, -0.2) is 37.2 Å². The van der Waals surface area contributed by atoms with Gasteiger partial charge in [0.2, 0.25) is 0 Å². The molecule has 1 unspecified atom stereocenters. The van der Waals surface area contributed by atoms with Gasteiger partial charge < -0.3 is 14.2 Å². The monoisotopic (exact) mass is 747 g/mol. The van der Waals surface area contributed by atoms with Crippen molar-refractivity contribution in [3.05, 3.63) is 109 Å².